The van der Waals surface area contributed by atoms with Crippen LogP contribution in [0, 0.1) is 5.92 Å². The van der Waals surface area contributed by atoms with Crippen molar-refractivity contribution in [1.82, 2.24) is 10.6 Å². The van der Waals surface area contributed by atoms with Crippen LogP contribution in [0.15, 0.2) is 36.0 Å². The fraction of sp³-hybridized carbons (Fsp3) is 0.333. The van der Waals surface area contributed by atoms with Gasteiger partial charge in [-0.05, 0) is 17.6 Å². The van der Waals surface area contributed by atoms with Crippen LogP contribution >= 0.6 is 0 Å². The molecule has 0 radical (unpaired) electrons. The first-order valence-electron chi connectivity index (χ1n) is 6.50. The topological polar surface area (TPSA) is 58.2 Å². The third-order valence-electron chi connectivity index (χ3n) is 3.40. The van der Waals surface area contributed by atoms with E-state index in [0.717, 1.165) is 12.0 Å². The standard InChI is InChI=1S/C15H18N2O2/c1-3-10(2)13-15(19)16-12(14(18)17-13)9-11-7-5-4-6-8-11/h4-10,13H,3H2,1-2H3,(H,16,19)(H,17,18)/b12-9+. The zero-order chi connectivity index (χ0) is 13.8. The third-order valence-corrected chi connectivity index (χ3v) is 3.40. The number of hydrogen-bond acceptors (Lipinski definition) is 2. The first-order valence-corrected chi connectivity index (χ1v) is 6.50. The highest BCUT2D eigenvalue weighted by Gasteiger charge is 2.32. The lowest BCUT2D eigenvalue weighted by Crippen LogP contribution is -2.57. The molecular formula is C15H18N2O2. The molecule has 1 aliphatic heterocycles. The van der Waals surface area contributed by atoms with Gasteiger partial charge in [-0.15, -0.1) is 0 Å². The van der Waals surface area contributed by atoms with Crippen molar-refractivity contribution >= 4 is 17.9 Å². The van der Waals surface area contributed by atoms with Crippen LogP contribution in [-0.4, -0.2) is 17.9 Å². The molecule has 0 aliphatic carbocycles. The van der Waals surface area contributed by atoms with Crippen molar-refractivity contribution in [1.29, 1.82) is 0 Å². The third kappa shape index (κ3) is 3.02. The maximum atomic E-state index is 12.0. The van der Waals surface area contributed by atoms with Gasteiger partial charge in [0, 0.05) is 0 Å². The first kappa shape index (κ1) is 13.3. The largest absolute Gasteiger partial charge is 0.339 e. The summed E-state index contributed by atoms with van der Waals surface area (Å²) in [5.74, 6) is -0.243. The van der Waals surface area contributed by atoms with E-state index in [-0.39, 0.29) is 17.7 Å². The van der Waals surface area contributed by atoms with Crippen LogP contribution in [0.1, 0.15) is 25.8 Å². The van der Waals surface area contributed by atoms with Crippen molar-refractivity contribution in [2.75, 3.05) is 0 Å². The van der Waals surface area contributed by atoms with Crippen LogP contribution in [0.4, 0.5) is 0 Å². The van der Waals surface area contributed by atoms with E-state index in [1.807, 2.05) is 44.2 Å². The summed E-state index contributed by atoms with van der Waals surface area (Å²) in [5, 5.41) is 5.46. The Morgan fingerprint density at radius 2 is 1.95 bits per heavy atom. The Morgan fingerprint density at radius 1 is 1.26 bits per heavy atom. The monoisotopic (exact) mass is 258 g/mol. The van der Waals surface area contributed by atoms with Gasteiger partial charge in [0.15, 0.2) is 0 Å². The zero-order valence-electron chi connectivity index (χ0n) is 11.1. The molecule has 1 aromatic carbocycles. The molecular weight excluding hydrogens is 240 g/mol. The second kappa shape index (κ2) is 5.69. The summed E-state index contributed by atoms with van der Waals surface area (Å²) in [6, 6.07) is 9.00. The molecule has 4 nitrogen and oxygen atoms in total. The molecule has 1 aliphatic rings. The molecule has 2 amide bonds. The smallest absolute Gasteiger partial charge is 0.268 e. The van der Waals surface area contributed by atoms with E-state index in [1.54, 1.807) is 6.08 Å². The number of rotatable bonds is 3. The van der Waals surface area contributed by atoms with Crippen LogP contribution in [0.2, 0.25) is 0 Å². The molecule has 19 heavy (non-hydrogen) atoms. The van der Waals surface area contributed by atoms with E-state index in [4.69, 9.17) is 0 Å². The van der Waals surface area contributed by atoms with Gasteiger partial charge in [0.25, 0.3) is 5.91 Å². The maximum absolute atomic E-state index is 12.0. The van der Waals surface area contributed by atoms with E-state index in [1.165, 1.54) is 0 Å². The quantitative estimate of drug-likeness (QED) is 0.811. The summed E-state index contributed by atoms with van der Waals surface area (Å²) < 4.78 is 0. The highest BCUT2D eigenvalue weighted by atomic mass is 16.2. The predicted molar refractivity (Wildman–Crippen MR) is 73.9 cm³/mol. The predicted octanol–water partition coefficient (Wildman–Crippen LogP) is 1.69. The molecule has 0 aromatic heterocycles. The number of piperazine rings is 1. The lowest BCUT2D eigenvalue weighted by Gasteiger charge is -2.28. The SMILES string of the molecule is CCC(C)C1NC(=O)/C(=C\c2ccccc2)NC1=O. The number of benzene rings is 1. The number of carbonyl (C=O) groups is 2. The molecule has 0 saturated carbocycles. The number of amides is 2. The lowest BCUT2D eigenvalue weighted by atomic mass is 9.96. The number of nitrogens with one attached hydrogen (secondary N) is 2. The molecule has 100 valence electrons. The van der Waals surface area contributed by atoms with Crippen molar-refractivity contribution in [2.24, 2.45) is 5.92 Å². The van der Waals surface area contributed by atoms with Gasteiger partial charge in [0.05, 0.1) is 0 Å². The van der Waals surface area contributed by atoms with Gasteiger partial charge < -0.3 is 10.6 Å². The minimum Gasteiger partial charge on any atom is -0.339 e. The van der Waals surface area contributed by atoms with Crippen LogP contribution < -0.4 is 10.6 Å². The van der Waals surface area contributed by atoms with Gasteiger partial charge in [-0.25, -0.2) is 0 Å². The second-order valence-electron chi connectivity index (χ2n) is 4.79. The average molecular weight is 258 g/mol. The highest BCUT2D eigenvalue weighted by Crippen LogP contribution is 2.14. The summed E-state index contributed by atoms with van der Waals surface area (Å²) in [7, 11) is 0. The number of hydrogen-bond donors (Lipinski definition) is 2. The van der Waals surface area contributed by atoms with Crippen molar-refractivity contribution in [3.8, 4) is 0 Å². The fourth-order valence-electron chi connectivity index (χ4n) is 2.01. The van der Waals surface area contributed by atoms with Gasteiger partial charge in [-0.1, -0.05) is 50.6 Å². The number of carbonyl (C=O) groups excluding carboxylic acids is 2. The molecule has 2 N–H and O–H groups in total. The van der Waals surface area contributed by atoms with Crippen molar-refractivity contribution in [3.63, 3.8) is 0 Å². The summed E-state index contributed by atoms with van der Waals surface area (Å²) >= 11 is 0. The molecule has 2 rings (SSSR count). The van der Waals surface area contributed by atoms with Gasteiger partial charge >= 0.3 is 0 Å². The average Bonchev–Trinajstić information content (AvgIpc) is 2.43. The summed E-state index contributed by atoms with van der Waals surface area (Å²) in [5.41, 5.74) is 1.19. The fourth-order valence-corrected chi connectivity index (χ4v) is 2.01. The first-order chi connectivity index (χ1) is 9.11. The van der Waals surface area contributed by atoms with Gasteiger partial charge in [-0.3, -0.25) is 9.59 Å². The molecule has 2 unspecified atom stereocenters. The van der Waals surface area contributed by atoms with E-state index in [9.17, 15) is 9.59 Å². The molecule has 0 spiro atoms. The van der Waals surface area contributed by atoms with Crippen LogP contribution in [0.5, 0.6) is 0 Å². The van der Waals surface area contributed by atoms with Gasteiger partial charge in [0.1, 0.15) is 11.7 Å². The molecule has 2 atom stereocenters. The van der Waals surface area contributed by atoms with Crippen LogP contribution in [-0.2, 0) is 9.59 Å². The van der Waals surface area contributed by atoms with Crippen molar-refractivity contribution in [3.05, 3.63) is 41.6 Å². The Kier molecular flexibility index (Phi) is 4.00. The molecule has 1 saturated heterocycles. The maximum Gasteiger partial charge on any atom is 0.268 e. The van der Waals surface area contributed by atoms with E-state index in [2.05, 4.69) is 10.6 Å². The zero-order valence-corrected chi connectivity index (χ0v) is 11.1. The normalized spacial score (nSPS) is 22.8. The Bertz CT molecular complexity index is 508. The molecule has 0 bridgehead atoms. The summed E-state index contributed by atoms with van der Waals surface area (Å²) in [6.45, 7) is 3.95. The molecule has 1 fully saturated rings. The van der Waals surface area contributed by atoms with Crippen molar-refractivity contribution < 1.29 is 9.59 Å². The summed E-state index contributed by atoms with van der Waals surface area (Å²) in [6.07, 6.45) is 2.52. The van der Waals surface area contributed by atoms with E-state index < -0.39 is 6.04 Å². The Morgan fingerprint density at radius 3 is 2.58 bits per heavy atom. The van der Waals surface area contributed by atoms with E-state index in [0.29, 0.717) is 5.70 Å². The van der Waals surface area contributed by atoms with Crippen LogP contribution in [0.25, 0.3) is 6.08 Å². The van der Waals surface area contributed by atoms with E-state index >= 15 is 0 Å². The Balaban J connectivity index is 2.17. The molecule has 4 heteroatoms. The minimum absolute atomic E-state index is 0.127. The Labute approximate surface area is 112 Å². The van der Waals surface area contributed by atoms with Crippen molar-refractivity contribution in [2.45, 2.75) is 26.3 Å². The Hall–Kier alpha value is -2.10. The summed E-state index contributed by atoms with van der Waals surface area (Å²) in [4.78, 5) is 24.0. The molecule has 1 aromatic rings. The molecule has 1 heterocycles. The van der Waals surface area contributed by atoms with Gasteiger partial charge in [0.2, 0.25) is 5.91 Å². The van der Waals surface area contributed by atoms with Crippen LogP contribution in [0.3, 0.4) is 0 Å². The van der Waals surface area contributed by atoms with Gasteiger partial charge in [-0.2, -0.15) is 0 Å². The highest BCUT2D eigenvalue weighted by molar-refractivity contribution is 6.07. The lowest BCUT2D eigenvalue weighted by molar-refractivity contribution is -0.132. The minimum atomic E-state index is -0.439. The second-order valence-corrected chi connectivity index (χ2v) is 4.79.